The molecule has 2 aromatic heterocycles. The third-order valence-corrected chi connectivity index (χ3v) is 4.37. The molecule has 2 heterocycles. The van der Waals surface area contributed by atoms with Crippen LogP contribution >= 0.6 is 0 Å². The molecule has 0 spiro atoms. The lowest BCUT2D eigenvalue weighted by Gasteiger charge is -2.17. The first-order chi connectivity index (χ1) is 10.6. The molecule has 0 bridgehead atoms. The van der Waals surface area contributed by atoms with Crippen molar-refractivity contribution in [1.82, 2.24) is 10.1 Å². The zero-order valence-electron chi connectivity index (χ0n) is 12.0. The van der Waals surface area contributed by atoms with E-state index >= 15 is 0 Å². The molecule has 1 saturated carbocycles. The maximum Gasteiger partial charge on any atom is 0.231 e. The molecule has 4 rings (SSSR count). The van der Waals surface area contributed by atoms with Crippen LogP contribution in [-0.4, -0.2) is 10.1 Å². The van der Waals surface area contributed by atoms with Crippen LogP contribution in [0.25, 0.3) is 11.0 Å². The molecular formula is C16H16FN3O2. The van der Waals surface area contributed by atoms with Gasteiger partial charge in [0.2, 0.25) is 5.89 Å². The van der Waals surface area contributed by atoms with Gasteiger partial charge in [-0.2, -0.15) is 4.98 Å². The van der Waals surface area contributed by atoms with E-state index in [2.05, 4.69) is 10.1 Å². The molecule has 114 valence electrons. The molecule has 1 fully saturated rings. The smallest absolute Gasteiger partial charge is 0.231 e. The second kappa shape index (κ2) is 4.91. The largest absolute Gasteiger partial charge is 0.464 e. The van der Waals surface area contributed by atoms with E-state index in [4.69, 9.17) is 14.7 Å². The number of furan rings is 1. The molecule has 22 heavy (non-hydrogen) atoms. The predicted molar refractivity (Wildman–Crippen MR) is 77.6 cm³/mol. The highest BCUT2D eigenvalue weighted by Gasteiger charge is 2.35. The summed E-state index contributed by atoms with van der Waals surface area (Å²) in [7, 11) is 0. The molecule has 0 aliphatic heterocycles. The monoisotopic (exact) mass is 301 g/mol. The number of benzene rings is 1. The minimum absolute atomic E-state index is 0.320. The fourth-order valence-electron chi connectivity index (χ4n) is 3.12. The number of nitrogens with zero attached hydrogens (tertiary/aromatic N) is 2. The van der Waals surface area contributed by atoms with Crippen molar-refractivity contribution in [1.29, 1.82) is 0 Å². The fourth-order valence-corrected chi connectivity index (χ4v) is 3.12. The normalized spacial score (nSPS) is 17.4. The average Bonchev–Trinajstić information content (AvgIpc) is 3.20. The van der Waals surface area contributed by atoms with E-state index in [0.29, 0.717) is 23.7 Å². The van der Waals surface area contributed by atoms with E-state index in [9.17, 15) is 4.39 Å². The summed E-state index contributed by atoms with van der Waals surface area (Å²) in [4.78, 5) is 4.44. The SMILES string of the molecule is NC1(c2noc(Cc3coc4cc(F)ccc34)n2)CCCC1. The molecule has 0 saturated heterocycles. The van der Waals surface area contributed by atoms with Gasteiger partial charge in [-0.15, -0.1) is 0 Å². The molecule has 1 aliphatic carbocycles. The molecule has 0 amide bonds. The minimum atomic E-state index is -0.455. The Balaban J connectivity index is 1.62. The van der Waals surface area contributed by atoms with Crippen LogP contribution in [0.1, 0.15) is 43.0 Å². The van der Waals surface area contributed by atoms with Gasteiger partial charge in [-0.3, -0.25) is 0 Å². The summed E-state index contributed by atoms with van der Waals surface area (Å²) in [6.45, 7) is 0. The molecule has 5 nitrogen and oxygen atoms in total. The van der Waals surface area contributed by atoms with Crippen LogP contribution < -0.4 is 5.73 Å². The predicted octanol–water partition coefficient (Wildman–Crippen LogP) is 3.27. The zero-order valence-corrected chi connectivity index (χ0v) is 12.0. The zero-order chi connectivity index (χ0) is 15.2. The van der Waals surface area contributed by atoms with Gasteiger partial charge in [0.25, 0.3) is 0 Å². The fraction of sp³-hybridized carbons (Fsp3) is 0.375. The Morgan fingerprint density at radius 1 is 1.27 bits per heavy atom. The number of hydrogen-bond acceptors (Lipinski definition) is 5. The van der Waals surface area contributed by atoms with Gasteiger partial charge < -0.3 is 14.7 Å². The quantitative estimate of drug-likeness (QED) is 0.803. The van der Waals surface area contributed by atoms with E-state index in [1.54, 1.807) is 12.3 Å². The second-order valence-corrected chi connectivity index (χ2v) is 5.95. The molecule has 0 atom stereocenters. The number of halogens is 1. The molecule has 0 radical (unpaired) electrons. The lowest BCUT2D eigenvalue weighted by atomic mass is 9.99. The van der Waals surface area contributed by atoms with E-state index in [-0.39, 0.29) is 5.82 Å². The standard InChI is InChI=1S/C16H16FN3O2/c17-11-3-4-12-10(9-21-13(12)8-11)7-14-19-15(20-22-14)16(18)5-1-2-6-16/h3-4,8-9H,1-2,5-7,18H2. The van der Waals surface area contributed by atoms with Gasteiger partial charge in [-0.25, -0.2) is 4.39 Å². The highest BCUT2D eigenvalue weighted by molar-refractivity contribution is 5.81. The first kappa shape index (κ1) is 13.5. The Kier molecular flexibility index (Phi) is 3.00. The average molecular weight is 301 g/mol. The third-order valence-electron chi connectivity index (χ3n) is 4.37. The van der Waals surface area contributed by atoms with Crippen molar-refractivity contribution in [2.75, 3.05) is 0 Å². The summed E-state index contributed by atoms with van der Waals surface area (Å²) in [6, 6.07) is 4.47. The van der Waals surface area contributed by atoms with E-state index in [1.807, 2.05) is 0 Å². The molecule has 1 aliphatic rings. The van der Waals surface area contributed by atoms with Gasteiger partial charge >= 0.3 is 0 Å². The molecule has 6 heteroatoms. The summed E-state index contributed by atoms with van der Waals surface area (Å²) >= 11 is 0. The highest BCUT2D eigenvalue weighted by Crippen LogP contribution is 2.34. The van der Waals surface area contributed by atoms with Crippen molar-refractivity contribution in [2.24, 2.45) is 5.73 Å². The summed E-state index contributed by atoms with van der Waals surface area (Å²) < 4.78 is 23.9. The topological polar surface area (TPSA) is 78.1 Å². The maximum absolute atomic E-state index is 13.2. The van der Waals surface area contributed by atoms with Gasteiger partial charge in [0.15, 0.2) is 5.82 Å². The van der Waals surface area contributed by atoms with Gasteiger partial charge in [0.1, 0.15) is 11.4 Å². The molecule has 0 unspecified atom stereocenters. The molecular weight excluding hydrogens is 285 g/mol. The first-order valence-corrected chi connectivity index (χ1v) is 7.42. The van der Waals surface area contributed by atoms with E-state index < -0.39 is 5.54 Å². The van der Waals surface area contributed by atoms with Gasteiger partial charge in [-0.05, 0) is 25.0 Å². The summed E-state index contributed by atoms with van der Waals surface area (Å²) in [5.74, 6) is 0.761. The van der Waals surface area contributed by atoms with Crippen molar-refractivity contribution in [3.8, 4) is 0 Å². The van der Waals surface area contributed by atoms with Gasteiger partial charge in [0, 0.05) is 17.0 Å². The maximum atomic E-state index is 13.2. The van der Waals surface area contributed by atoms with Crippen molar-refractivity contribution in [3.05, 3.63) is 47.6 Å². The number of fused-ring (bicyclic) bond motifs is 1. The van der Waals surface area contributed by atoms with Crippen LogP contribution in [0.4, 0.5) is 4.39 Å². The lowest BCUT2D eigenvalue weighted by Crippen LogP contribution is -2.34. The van der Waals surface area contributed by atoms with Crippen LogP contribution in [0.2, 0.25) is 0 Å². The Hall–Kier alpha value is -2.21. The van der Waals surface area contributed by atoms with Crippen LogP contribution in [0, 0.1) is 5.82 Å². The third kappa shape index (κ3) is 2.20. The number of rotatable bonds is 3. The number of aromatic nitrogens is 2. The minimum Gasteiger partial charge on any atom is -0.464 e. The number of nitrogens with two attached hydrogens (primary N) is 1. The summed E-state index contributed by atoms with van der Waals surface area (Å²) in [5, 5.41) is 4.89. The Labute approximate surface area is 126 Å². The molecule has 1 aromatic carbocycles. The first-order valence-electron chi connectivity index (χ1n) is 7.42. The van der Waals surface area contributed by atoms with Crippen LogP contribution in [-0.2, 0) is 12.0 Å². The number of hydrogen-bond donors (Lipinski definition) is 1. The second-order valence-electron chi connectivity index (χ2n) is 5.95. The van der Waals surface area contributed by atoms with E-state index in [1.165, 1.54) is 12.1 Å². The van der Waals surface area contributed by atoms with Crippen molar-refractivity contribution >= 4 is 11.0 Å². The van der Waals surface area contributed by atoms with Gasteiger partial charge in [-0.1, -0.05) is 18.0 Å². The summed E-state index contributed by atoms with van der Waals surface area (Å²) in [6.07, 6.45) is 6.01. The van der Waals surface area contributed by atoms with Crippen LogP contribution in [0.15, 0.2) is 33.4 Å². The van der Waals surface area contributed by atoms with E-state index in [0.717, 1.165) is 36.6 Å². The lowest BCUT2D eigenvalue weighted by molar-refractivity contribution is 0.352. The van der Waals surface area contributed by atoms with Crippen molar-refractivity contribution in [3.63, 3.8) is 0 Å². The van der Waals surface area contributed by atoms with Gasteiger partial charge in [0.05, 0.1) is 18.2 Å². The van der Waals surface area contributed by atoms with Crippen LogP contribution in [0.3, 0.4) is 0 Å². The molecule has 2 N–H and O–H groups in total. The summed E-state index contributed by atoms with van der Waals surface area (Å²) in [5.41, 5.74) is 7.28. The van der Waals surface area contributed by atoms with Crippen molar-refractivity contribution < 1.29 is 13.3 Å². The Morgan fingerprint density at radius 2 is 2.09 bits per heavy atom. The van der Waals surface area contributed by atoms with Crippen molar-refractivity contribution in [2.45, 2.75) is 37.6 Å². The van der Waals surface area contributed by atoms with Crippen LogP contribution in [0.5, 0.6) is 0 Å². The Morgan fingerprint density at radius 3 is 2.91 bits per heavy atom. The Bertz CT molecular complexity index is 818. The highest BCUT2D eigenvalue weighted by atomic mass is 19.1. The molecule has 3 aromatic rings.